The van der Waals surface area contributed by atoms with Gasteiger partial charge in [0.15, 0.2) is 5.82 Å². The summed E-state index contributed by atoms with van der Waals surface area (Å²) in [5.74, 6) is 0.964. The fourth-order valence-corrected chi connectivity index (χ4v) is 2.93. The van der Waals surface area contributed by atoms with Crippen LogP contribution < -0.4 is 10.9 Å². The predicted octanol–water partition coefficient (Wildman–Crippen LogP) is 2.36. The van der Waals surface area contributed by atoms with Crippen LogP contribution in [0, 0.1) is 13.8 Å². The topological polar surface area (TPSA) is 94.2 Å². The van der Waals surface area contributed by atoms with Gasteiger partial charge in [-0.15, -0.1) is 10.2 Å². The number of aryl methyl sites for hydroxylation is 2. The monoisotopic (exact) mass is 374 g/mol. The zero-order valence-corrected chi connectivity index (χ0v) is 15.7. The number of aromatic nitrogens is 5. The first-order valence-electron chi connectivity index (χ1n) is 8.70. The molecule has 0 radical (unpaired) electrons. The van der Waals surface area contributed by atoms with Gasteiger partial charge in [-0.3, -0.25) is 14.0 Å². The summed E-state index contributed by atoms with van der Waals surface area (Å²) in [6.07, 6.45) is 2.97. The molecule has 0 aliphatic heterocycles. The summed E-state index contributed by atoms with van der Waals surface area (Å²) < 4.78 is 3.24. The minimum atomic E-state index is -0.514. The lowest BCUT2D eigenvalue weighted by Gasteiger charge is -2.08. The van der Waals surface area contributed by atoms with Crippen molar-refractivity contribution in [3.05, 3.63) is 76.1 Å². The normalized spacial score (nSPS) is 11.0. The number of anilines is 1. The predicted molar refractivity (Wildman–Crippen MR) is 105 cm³/mol. The highest BCUT2D eigenvalue weighted by atomic mass is 16.2. The molecule has 8 nitrogen and oxygen atoms in total. The van der Waals surface area contributed by atoms with Gasteiger partial charge < -0.3 is 9.88 Å². The van der Waals surface area contributed by atoms with Gasteiger partial charge in [-0.05, 0) is 37.6 Å². The summed E-state index contributed by atoms with van der Waals surface area (Å²) in [6.45, 7) is 3.74. The largest absolute Gasteiger partial charge is 0.322 e. The molecule has 0 spiro atoms. The van der Waals surface area contributed by atoms with Crippen molar-refractivity contribution in [2.75, 3.05) is 5.32 Å². The van der Waals surface area contributed by atoms with Crippen LogP contribution >= 0.6 is 0 Å². The molecule has 140 valence electrons. The van der Waals surface area contributed by atoms with Gasteiger partial charge >= 0.3 is 0 Å². The summed E-state index contributed by atoms with van der Waals surface area (Å²) >= 11 is 0. The Balaban J connectivity index is 1.67. The van der Waals surface area contributed by atoms with Gasteiger partial charge in [0, 0.05) is 30.7 Å². The Kier molecular flexibility index (Phi) is 4.23. The SMILES string of the molecule is Cc1ccc2ncc(C(=O)Nc3cccc(-c4nnc(C)n4C)c3)c(=O)n2c1. The number of amides is 1. The molecule has 28 heavy (non-hydrogen) atoms. The highest BCUT2D eigenvalue weighted by molar-refractivity contribution is 6.04. The molecule has 0 saturated heterocycles. The van der Waals surface area contributed by atoms with E-state index in [1.165, 1.54) is 10.6 Å². The van der Waals surface area contributed by atoms with E-state index in [4.69, 9.17) is 0 Å². The Morgan fingerprint density at radius 2 is 1.93 bits per heavy atom. The maximum Gasteiger partial charge on any atom is 0.270 e. The van der Waals surface area contributed by atoms with E-state index in [-0.39, 0.29) is 5.56 Å². The van der Waals surface area contributed by atoms with Crippen LogP contribution in [-0.4, -0.2) is 30.1 Å². The number of benzene rings is 1. The zero-order chi connectivity index (χ0) is 19.8. The second-order valence-corrected chi connectivity index (χ2v) is 6.58. The second-order valence-electron chi connectivity index (χ2n) is 6.58. The van der Waals surface area contributed by atoms with Crippen LogP contribution in [0.3, 0.4) is 0 Å². The first-order valence-corrected chi connectivity index (χ1v) is 8.70. The van der Waals surface area contributed by atoms with Crippen LogP contribution in [0.1, 0.15) is 21.7 Å². The molecule has 3 heterocycles. The van der Waals surface area contributed by atoms with E-state index in [1.54, 1.807) is 24.4 Å². The van der Waals surface area contributed by atoms with Crippen molar-refractivity contribution in [1.82, 2.24) is 24.1 Å². The standard InChI is InChI=1S/C20H18N6O2/c1-12-7-8-17-21-10-16(20(28)26(17)11-12)19(27)22-15-6-4-5-14(9-15)18-24-23-13(2)25(18)3/h4-11H,1-3H3,(H,22,27). The average Bonchev–Trinajstić information content (AvgIpc) is 3.01. The van der Waals surface area contributed by atoms with Crippen LogP contribution in [0.15, 0.2) is 53.6 Å². The maximum absolute atomic E-state index is 12.7. The van der Waals surface area contributed by atoms with E-state index in [1.807, 2.05) is 43.7 Å². The minimum Gasteiger partial charge on any atom is -0.322 e. The number of rotatable bonds is 3. The lowest BCUT2D eigenvalue weighted by molar-refractivity contribution is 0.102. The van der Waals surface area contributed by atoms with E-state index in [0.29, 0.717) is 17.2 Å². The van der Waals surface area contributed by atoms with E-state index in [9.17, 15) is 9.59 Å². The molecule has 1 aromatic carbocycles. The average molecular weight is 374 g/mol. The van der Waals surface area contributed by atoms with Crippen LogP contribution in [0.4, 0.5) is 5.69 Å². The molecule has 1 amide bonds. The highest BCUT2D eigenvalue weighted by Crippen LogP contribution is 2.21. The number of carbonyl (C=O) groups excluding carboxylic acids is 1. The van der Waals surface area contributed by atoms with E-state index in [0.717, 1.165) is 17.0 Å². The molecular weight excluding hydrogens is 356 g/mol. The summed E-state index contributed by atoms with van der Waals surface area (Å²) in [7, 11) is 1.87. The van der Waals surface area contributed by atoms with E-state index in [2.05, 4.69) is 20.5 Å². The third kappa shape index (κ3) is 3.05. The molecule has 0 aliphatic carbocycles. The Labute approximate surface area is 160 Å². The molecule has 0 unspecified atom stereocenters. The Hall–Kier alpha value is -3.81. The van der Waals surface area contributed by atoms with Gasteiger partial charge in [0.2, 0.25) is 0 Å². The van der Waals surface area contributed by atoms with E-state index >= 15 is 0 Å². The smallest absolute Gasteiger partial charge is 0.270 e. The van der Waals surface area contributed by atoms with Gasteiger partial charge in [-0.1, -0.05) is 18.2 Å². The van der Waals surface area contributed by atoms with Gasteiger partial charge in [0.1, 0.15) is 17.0 Å². The van der Waals surface area contributed by atoms with Crippen LogP contribution in [-0.2, 0) is 7.05 Å². The molecule has 3 aromatic heterocycles. The number of nitrogens with one attached hydrogen (secondary N) is 1. The van der Waals surface area contributed by atoms with Gasteiger partial charge in [-0.2, -0.15) is 0 Å². The lowest BCUT2D eigenvalue weighted by Crippen LogP contribution is -2.26. The van der Waals surface area contributed by atoms with Gasteiger partial charge in [-0.25, -0.2) is 4.98 Å². The number of carbonyl (C=O) groups is 1. The number of pyridine rings is 1. The molecule has 8 heteroatoms. The maximum atomic E-state index is 12.7. The molecule has 0 saturated carbocycles. The number of hydrogen-bond acceptors (Lipinski definition) is 5. The Morgan fingerprint density at radius 1 is 1.11 bits per heavy atom. The van der Waals surface area contributed by atoms with Crippen molar-refractivity contribution in [2.45, 2.75) is 13.8 Å². The summed E-state index contributed by atoms with van der Waals surface area (Å²) in [5.41, 5.74) is 2.32. The number of fused-ring (bicyclic) bond motifs is 1. The minimum absolute atomic E-state index is 0.0250. The van der Waals surface area contributed by atoms with Crippen LogP contribution in [0.5, 0.6) is 0 Å². The first-order chi connectivity index (χ1) is 13.4. The molecule has 0 atom stereocenters. The van der Waals surface area contributed by atoms with E-state index < -0.39 is 11.5 Å². The zero-order valence-electron chi connectivity index (χ0n) is 15.7. The van der Waals surface area contributed by atoms with Crippen LogP contribution in [0.25, 0.3) is 17.0 Å². The fourth-order valence-electron chi connectivity index (χ4n) is 2.93. The Bertz CT molecular complexity index is 1270. The van der Waals surface area contributed by atoms with Crippen molar-refractivity contribution in [3.8, 4) is 11.4 Å². The molecule has 0 fully saturated rings. The first kappa shape index (κ1) is 17.6. The van der Waals surface area contributed by atoms with Gasteiger partial charge in [0.25, 0.3) is 11.5 Å². The number of nitrogens with zero attached hydrogens (tertiary/aromatic N) is 5. The molecular formula is C20H18N6O2. The third-order valence-electron chi connectivity index (χ3n) is 4.57. The molecule has 4 aromatic rings. The van der Waals surface area contributed by atoms with Crippen molar-refractivity contribution in [2.24, 2.45) is 7.05 Å². The lowest BCUT2D eigenvalue weighted by atomic mass is 10.2. The molecule has 0 bridgehead atoms. The Morgan fingerprint density at radius 3 is 2.68 bits per heavy atom. The van der Waals surface area contributed by atoms with Crippen LogP contribution in [0.2, 0.25) is 0 Å². The van der Waals surface area contributed by atoms with Crippen molar-refractivity contribution >= 4 is 17.2 Å². The third-order valence-corrected chi connectivity index (χ3v) is 4.57. The fraction of sp³-hybridized carbons (Fsp3) is 0.150. The highest BCUT2D eigenvalue weighted by Gasteiger charge is 2.15. The summed E-state index contributed by atoms with van der Waals surface area (Å²) in [5, 5.41) is 11.0. The second kappa shape index (κ2) is 6.73. The van der Waals surface area contributed by atoms with Gasteiger partial charge in [0.05, 0.1) is 0 Å². The summed E-state index contributed by atoms with van der Waals surface area (Å²) in [6, 6.07) is 10.8. The van der Waals surface area contributed by atoms with Crippen molar-refractivity contribution in [1.29, 1.82) is 0 Å². The molecule has 0 aliphatic rings. The van der Waals surface area contributed by atoms with Crippen molar-refractivity contribution in [3.63, 3.8) is 0 Å². The van der Waals surface area contributed by atoms with Crippen molar-refractivity contribution < 1.29 is 4.79 Å². The molecule has 4 rings (SSSR count). The molecule has 1 N–H and O–H groups in total. The quantitative estimate of drug-likeness (QED) is 0.594. The summed E-state index contributed by atoms with van der Waals surface area (Å²) in [4.78, 5) is 29.6. The number of hydrogen-bond donors (Lipinski definition) is 1.